The van der Waals surface area contributed by atoms with Gasteiger partial charge < -0.3 is 5.32 Å². The highest BCUT2D eigenvalue weighted by molar-refractivity contribution is 6.02. The van der Waals surface area contributed by atoms with Crippen LogP contribution in [-0.2, 0) is 6.54 Å². The van der Waals surface area contributed by atoms with Crippen molar-refractivity contribution < 1.29 is 9.18 Å². The van der Waals surface area contributed by atoms with Gasteiger partial charge in [-0.15, -0.1) is 0 Å². The molecule has 34 heavy (non-hydrogen) atoms. The van der Waals surface area contributed by atoms with Crippen LogP contribution in [0.5, 0.6) is 0 Å². The SMILES string of the molecule is CC(C)c1ccc(-n2nc(C(=O)Nc3cccc(F)c3)c(=O)n(Cc3ccccc3)c2=O)cc1. The van der Waals surface area contributed by atoms with Gasteiger partial charge in [0.15, 0.2) is 0 Å². The van der Waals surface area contributed by atoms with Crippen LogP contribution in [0.1, 0.15) is 41.4 Å². The summed E-state index contributed by atoms with van der Waals surface area (Å²) in [6.45, 7) is 4.06. The first-order valence-electron chi connectivity index (χ1n) is 10.8. The number of hydrogen-bond acceptors (Lipinski definition) is 4. The first-order chi connectivity index (χ1) is 16.3. The van der Waals surface area contributed by atoms with Crippen molar-refractivity contribution in [2.45, 2.75) is 26.3 Å². The number of carbonyl (C=O) groups excluding carboxylic acids is 1. The molecule has 4 aromatic rings. The van der Waals surface area contributed by atoms with E-state index >= 15 is 0 Å². The summed E-state index contributed by atoms with van der Waals surface area (Å²) < 4.78 is 15.6. The molecule has 0 bridgehead atoms. The Morgan fingerprint density at radius 3 is 2.32 bits per heavy atom. The zero-order valence-corrected chi connectivity index (χ0v) is 18.7. The predicted octanol–water partition coefficient (Wildman–Crippen LogP) is 3.96. The number of nitrogens with one attached hydrogen (secondary N) is 1. The highest BCUT2D eigenvalue weighted by Gasteiger charge is 2.21. The molecule has 3 aromatic carbocycles. The minimum atomic E-state index is -0.843. The number of halogens is 1. The van der Waals surface area contributed by atoms with E-state index < -0.39 is 28.7 Å². The van der Waals surface area contributed by atoms with Gasteiger partial charge in [-0.05, 0) is 47.4 Å². The molecule has 0 fully saturated rings. The largest absolute Gasteiger partial charge is 0.352 e. The number of aromatic nitrogens is 3. The Hall–Kier alpha value is -4.33. The number of nitrogens with zero attached hydrogens (tertiary/aromatic N) is 3. The van der Waals surface area contributed by atoms with Crippen molar-refractivity contribution in [3.05, 3.63) is 122 Å². The molecule has 0 aliphatic carbocycles. The van der Waals surface area contributed by atoms with Crippen LogP contribution in [0.15, 0.2) is 88.5 Å². The Morgan fingerprint density at radius 1 is 0.971 bits per heavy atom. The normalized spacial score (nSPS) is 10.9. The Kier molecular flexibility index (Phi) is 6.49. The van der Waals surface area contributed by atoms with E-state index in [0.717, 1.165) is 20.9 Å². The van der Waals surface area contributed by atoms with Crippen LogP contribution < -0.4 is 16.6 Å². The maximum Gasteiger partial charge on any atom is 0.352 e. The third kappa shape index (κ3) is 4.85. The zero-order chi connectivity index (χ0) is 24.2. The molecule has 0 saturated carbocycles. The van der Waals surface area contributed by atoms with Crippen LogP contribution in [0.2, 0.25) is 0 Å². The lowest BCUT2D eigenvalue weighted by molar-refractivity contribution is 0.101. The fourth-order valence-electron chi connectivity index (χ4n) is 3.49. The van der Waals surface area contributed by atoms with Gasteiger partial charge in [0, 0.05) is 5.69 Å². The van der Waals surface area contributed by atoms with E-state index in [2.05, 4.69) is 10.4 Å². The van der Waals surface area contributed by atoms with Gasteiger partial charge in [-0.1, -0.05) is 62.4 Å². The number of anilines is 1. The highest BCUT2D eigenvalue weighted by atomic mass is 19.1. The minimum Gasteiger partial charge on any atom is -0.320 e. The highest BCUT2D eigenvalue weighted by Crippen LogP contribution is 2.16. The van der Waals surface area contributed by atoms with Crippen molar-refractivity contribution in [3.8, 4) is 5.69 Å². The summed E-state index contributed by atoms with van der Waals surface area (Å²) in [5.74, 6) is -1.09. The lowest BCUT2D eigenvalue weighted by Crippen LogP contribution is -2.45. The molecule has 0 saturated heterocycles. The summed E-state index contributed by atoms with van der Waals surface area (Å²) in [6, 6.07) is 21.4. The molecule has 8 heteroatoms. The van der Waals surface area contributed by atoms with Crippen LogP contribution in [0.4, 0.5) is 10.1 Å². The first kappa shape index (κ1) is 22.8. The molecule has 0 atom stereocenters. The van der Waals surface area contributed by atoms with E-state index in [1.54, 1.807) is 36.4 Å². The van der Waals surface area contributed by atoms with Crippen molar-refractivity contribution >= 4 is 11.6 Å². The number of benzene rings is 3. The molecular formula is C26H23FN4O3. The van der Waals surface area contributed by atoms with Gasteiger partial charge in [0.25, 0.3) is 11.5 Å². The lowest BCUT2D eigenvalue weighted by atomic mass is 10.0. The summed E-state index contributed by atoms with van der Waals surface area (Å²) in [4.78, 5) is 39.4. The molecule has 0 spiro atoms. The first-order valence-corrected chi connectivity index (χ1v) is 10.8. The average Bonchev–Trinajstić information content (AvgIpc) is 2.82. The van der Waals surface area contributed by atoms with E-state index in [-0.39, 0.29) is 12.2 Å². The molecule has 1 amide bonds. The molecule has 4 rings (SSSR count). The van der Waals surface area contributed by atoms with Gasteiger partial charge >= 0.3 is 5.69 Å². The summed E-state index contributed by atoms with van der Waals surface area (Å²) >= 11 is 0. The molecule has 0 unspecified atom stereocenters. The van der Waals surface area contributed by atoms with Crippen LogP contribution in [-0.4, -0.2) is 20.3 Å². The van der Waals surface area contributed by atoms with Crippen molar-refractivity contribution in [1.82, 2.24) is 14.3 Å². The minimum absolute atomic E-state index is 0.0364. The summed E-state index contributed by atoms with van der Waals surface area (Å²) in [5, 5.41) is 6.59. The molecule has 7 nitrogen and oxygen atoms in total. The quantitative estimate of drug-likeness (QED) is 0.474. The Balaban J connectivity index is 1.83. The summed E-state index contributed by atoms with van der Waals surface area (Å²) in [7, 11) is 0. The predicted molar refractivity (Wildman–Crippen MR) is 128 cm³/mol. The second kappa shape index (κ2) is 9.66. The maximum atomic E-state index is 13.6. The average molecular weight is 458 g/mol. The van der Waals surface area contributed by atoms with Crippen molar-refractivity contribution in [2.24, 2.45) is 0 Å². The van der Waals surface area contributed by atoms with Gasteiger partial charge in [-0.25, -0.2) is 9.18 Å². The van der Waals surface area contributed by atoms with Crippen LogP contribution in [0, 0.1) is 5.82 Å². The molecule has 1 heterocycles. The van der Waals surface area contributed by atoms with Crippen molar-refractivity contribution in [2.75, 3.05) is 5.32 Å². The Bertz CT molecular complexity index is 1440. The van der Waals surface area contributed by atoms with Crippen LogP contribution >= 0.6 is 0 Å². The lowest BCUT2D eigenvalue weighted by Gasteiger charge is -2.13. The van der Waals surface area contributed by atoms with Gasteiger partial charge in [0.2, 0.25) is 5.69 Å². The zero-order valence-electron chi connectivity index (χ0n) is 18.7. The maximum absolute atomic E-state index is 13.6. The summed E-state index contributed by atoms with van der Waals surface area (Å²) in [6.07, 6.45) is 0. The number of carbonyl (C=O) groups is 1. The number of rotatable bonds is 6. The number of amides is 1. The van der Waals surface area contributed by atoms with Crippen molar-refractivity contribution in [3.63, 3.8) is 0 Å². The van der Waals surface area contributed by atoms with E-state index in [1.807, 2.05) is 32.0 Å². The standard InChI is InChI=1S/C26H23FN4O3/c1-17(2)19-11-13-22(14-12-19)31-26(34)30(16-18-7-4-3-5-8-18)25(33)23(29-31)24(32)28-21-10-6-9-20(27)15-21/h3-15,17H,16H2,1-2H3,(H,28,32). The van der Waals surface area contributed by atoms with E-state index in [4.69, 9.17) is 0 Å². The number of hydrogen-bond donors (Lipinski definition) is 1. The molecule has 172 valence electrons. The summed E-state index contributed by atoms with van der Waals surface area (Å²) in [5.41, 5.74) is 0.374. The molecule has 0 aliphatic rings. The molecule has 0 radical (unpaired) electrons. The Morgan fingerprint density at radius 2 is 1.68 bits per heavy atom. The monoisotopic (exact) mass is 458 g/mol. The third-order valence-corrected chi connectivity index (χ3v) is 5.35. The smallest absolute Gasteiger partial charge is 0.320 e. The fourth-order valence-corrected chi connectivity index (χ4v) is 3.49. The Labute approximate surface area is 195 Å². The van der Waals surface area contributed by atoms with Gasteiger partial charge in [-0.2, -0.15) is 9.78 Å². The van der Waals surface area contributed by atoms with Crippen LogP contribution in [0.25, 0.3) is 5.69 Å². The van der Waals surface area contributed by atoms with E-state index in [1.165, 1.54) is 18.2 Å². The molecule has 0 aliphatic heterocycles. The second-order valence-corrected chi connectivity index (χ2v) is 8.13. The van der Waals surface area contributed by atoms with Gasteiger partial charge in [0.05, 0.1) is 12.2 Å². The second-order valence-electron chi connectivity index (χ2n) is 8.13. The fraction of sp³-hybridized carbons (Fsp3) is 0.154. The van der Waals surface area contributed by atoms with Crippen LogP contribution in [0.3, 0.4) is 0 Å². The molecule has 1 N–H and O–H groups in total. The van der Waals surface area contributed by atoms with E-state index in [9.17, 15) is 18.8 Å². The third-order valence-electron chi connectivity index (χ3n) is 5.35. The topological polar surface area (TPSA) is 86.0 Å². The van der Waals surface area contributed by atoms with E-state index in [0.29, 0.717) is 17.2 Å². The molecule has 1 aromatic heterocycles. The van der Waals surface area contributed by atoms with Crippen molar-refractivity contribution in [1.29, 1.82) is 0 Å². The van der Waals surface area contributed by atoms with Gasteiger partial charge in [0.1, 0.15) is 5.82 Å². The molecular weight excluding hydrogens is 435 g/mol. The van der Waals surface area contributed by atoms with Gasteiger partial charge in [-0.3, -0.25) is 14.2 Å².